The highest BCUT2D eigenvalue weighted by Crippen LogP contribution is 2.33. The summed E-state index contributed by atoms with van der Waals surface area (Å²) in [6.45, 7) is 5.91. The molecule has 168 valence electrons. The number of methoxy groups -OCH3 is 1. The topological polar surface area (TPSA) is 93.4 Å². The number of hydrogen-bond acceptors (Lipinski definition) is 7. The average Bonchev–Trinajstić information content (AvgIpc) is 3.34. The van der Waals surface area contributed by atoms with Crippen LogP contribution in [0.3, 0.4) is 0 Å². The number of nitrogens with two attached hydrogens (primary N) is 1. The average molecular weight is 452 g/mol. The van der Waals surface area contributed by atoms with E-state index in [9.17, 15) is 4.79 Å². The molecule has 2 atom stereocenters. The van der Waals surface area contributed by atoms with E-state index in [2.05, 4.69) is 34.3 Å². The van der Waals surface area contributed by atoms with Crippen molar-refractivity contribution in [3.63, 3.8) is 0 Å². The van der Waals surface area contributed by atoms with E-state index >= 15 is 0 Å². The summed E-state index contributed by atoms with van der Waals surface area (Å²) in [4.78, 5) is 26.1. The molecule has 3 aromatic heterocycles. The van der Waals surface area contributed by atoms with E-state index in [4.69, 9.17) is 15.5 Å². The first-order valence-corrected chi connectivity index (χ1v) is 11.9. The smallest absolute Gasteiger partial charge is 0.263 e. The van der Waals surface area contributed by atoms with Crippen LogP contribution >= 0.6 is 11.3 Å². The molecule has 1 fully saturated rings. The molecule has 2 aliphatic rings. The number of anilines is 2. The van der Waals surface area contributed by atoms with Crippen molar-refractivity contribution in [3.05, 3.63) is 46.1 Å². The van der Waals surface area contributed by atoms with Crippen molar-refractivity contribution in [2.75, 3.05) is 30.8 Å². The van der Waals surface area contributed by atoms with Crippen LogP contribution in [0.25, 0.3) is 10.2 Å². The maximum Gasteiger partial charge on any atom is 0.263 e. The maximum atomic E-state index is 13.0. The van der Waals surface area contributed by atoms with Crippen molar-refractivity contribution >= 4 is 39.0 Å². The normalized spacial score (nSPS) is 22.8. The lowest BCUT2D eigenvalue weighted by Crippen LogP contribution is -2.39. The number of amides is 1. The highest BCUT2D eigenvalue weighted by atomic mass is 32.1. The third-order valence-electron chi connectivity index (χ3n) is 6.78. The van der Waals surface area contributed by atoms with E-state index < -0.39 is 0 Å². The summed E-state index contributed by atoms with van der Waals surface area (Å²) in [5, 5.41) is 4.04. The Balaban J connectivity index is 1.28. The Morgan fingerprint density at radius 1 is 1.31 bits per heavy atom. The van der Waals surface area contributed by atoms with Crippen LogP contribution in [0.4, 0.5) is 11.5 Å². The summed E-state index contributed by atoms with van der Waals surface area (Å²) in [7, 11) is 1.78. The highest BCUT2D eigenvalue weighted by molar-refractivity contribution is 7.21. The number of fused-ring (bicyclic) bond motifs is 2. The Morgan fingerprint density at radius 2 is 2.16 bits per heavy atom. The monoisotopic (exact) mass is 451 g/mol. The van der Waals surface area contributed by atoms with Gasteiger partial charge in [-0.2, -0.15) is 0 Å². The molecular weight excluding hydrogens is 422 g/mol. The lowest BCUT2D eigenvalue weighted by atomic mass is 9.91. The number of carbonyl (C=O) groups excluding carboxylic acids is 1. The molecule has 1 aliphatic heterocycles. The van der Waals surface area contributed by atoms with Gasteiger partial charge in [0.15, 0.2) is 0 Å². The molecule has 3 aromatic rings. The number of nitrogens with zero attached hydrogens (tertiary/aromatic N) is 3. The zero-order valence-electron chi connectivity index (χ0n) is 18.8. The van der Waals surface area contributed by atoms with Crippen LogP contribution in [0.15, 0.2) is 24.3 Å². The van der Waals surface area contributed by atoms with Gasteiger partial charge in [0.1, 0.15) is 15.5 Å². The van der Waals surface area contributed by atoms with Gasteiger partial charge >= 0.3 is 0 Å². The van der Waals surface area contributed by atoms with E-state index in [1.165, 1.54) is 16.9 Å². The van der Waals surface area contributed by atoms with Gasteiger partial charge in [0.2, 0.25) is 0 Å². The number of aromatic nitrogens is 2. The number of carbonyl (C=O) groups is 1. The third-order valence-corrected chi connectivity index (χ3v) is 7.89. The maximum absolute atomic E-state index is 13.0. The molecule has 0 bridgehead atoms. The fraction of sp³-hybridized carbons (Fsp3) is 0.458. The van der Waals surface area contributed by atoms with Crippen LogP contribution in [0.1, 0.15) is 46.4 Å². The van der Waals surface area contributed by atoms with Crippen LogP contribution in [-0.2, 0) is 17.6 Å². The molecule has 0 saturated carbocycles. The minimum absolute atomic E-state index is 0.0746. The van der Waals surface area contributed by atoms with Crippen LogP contribution < -0.4 is 16.0 Å². The van der Waals surface area contributed by atoms with Gasteiger partial charge in [0.25, 0.3) is 5.91 Å². The minimum atomic E-state index is -0.114. The molecule has 5 rings (SSSR count). The number of thiophene rings is 1. The standard InChI is InChI=1S/C24H29N5O2S/c1-14-4-7-17-20(25)21(32-23(17)26-14)22(30)27-16-6-8-18-15(12-16)5-9-19(28-18)29-11-10-24(2,13-29)31-3/h4-5,7,9,16H,6,8,10-13,25H2,1-3H3,(H,27,30)/t16-,24-/m0/s1. The van der Waals surface area contributed by atoms with Gasteiger partial charge in [0, 0.05) is 43.0 Å². The molecular formula is C24H29N5O2S. The zero-order chi connectivity index (χ0) is 22.5. The van der Waals surface area contributed by atoms with Gasteiger partial charge in [-0.3, -0.25) is 4.79 Å². The Morgan fingerprint density at radius 3 is 2.94 bits per heavy atom. The number of ether oxygens (including phenoxy) is 1. The number of pyridine rings is 2. The molecule has 0 unspecified atom stereocenters. The molecule has 1 saturated heterocycles. The first-order valence-electron chi connectivity index (χ1n) is 11.1. The number of hydrogen-bond donors (Lipinski definition) is 2. The van der Waals surface area contributed by atoms with Crippen LogP contribution in [0, 0.1) is 6.92 Å². The van der Waals surface area contributed by atoms with E-state index in [1.54, 1.807) is 7.11 Å². The van der Waals surface area contributed by atoms with Crippen LogP contribution in [0.5, 0.6) is 0 Å². The summed E-state index contributed by atoms with van der Waals surface area (Å²) in [5.41, 5.74) is 9.95. The van der Waals surface area contributed by atoms with E-state index in [1.807, 2.05) is 19.1 Å². The summed E-state index contributed by atoms with van der Waals surface area (Å²) >= 11 is 1.36. The SMILES string of the molecule is CO[C@@]1(C)CCN(c2ccc3c(n2)CC[C@H](NC(=O)c2sc4nc(C)ccc4c2N)C3)C1. The summed E-state index contributed by atoms with van der Waals surface area (Å²) in [6.07, 6.45) is 3.51. The van der Waals surface area contributed by atoms with Crippen molar-refractivity contribution in [1.29, 1.82) is 0 Å². The Kier molecular flexibility index (Phi) is 5.29. The van der Waals surface area contributed by atoms with E-state index in [-0.39, 0.29) is 17.6 Å². The Bertz CT molecular complexity index is 1190. The number of aryl methyl sites for hydroxylation is 2. The van der Waals surface area contributed by atoms with Gasteiger partial charge in [0.05, 0.1) is 11.3 Å². The van der Waals surface area contributed by atoms with Gasteiger partial charge < -0.3 is 20.7 Å². The molecule has 3 N–H and O–H groups in total. The lowest BCUT2D eigenvalue weighted by molar-refractivity contribution is 0.0256. The van der Waals surface area contributed by atoms with Gasteiger partial charge in [-0.05, 0) is 63.3 Å². The molecule has 1 amide bonds. The summed E-state index contributed by atoms with van der Waals surface area (Å²) in [6, 6.07) is 8.20. The Hall–Kier alpha value is -2.71. The van der Waals surface area contributed by atoms with E-state index in [0.29, 0.717) is 10.6 Å². The van der Waals surface area contributed by atoms with Gasteiger partial charge in [-0.1, -0.05) is 6.07 Å². The van der Waals surface area contributed by atoms with Crippen molar-refractivity contribution in [1.82, 2.24) is 15.3 Å². The Labute approximate surface area is 192 Å². The summed E-state index contributed by atoms with van der Waals surface area (Å²) < 4.78 is 5.66. The molecule has 0 radical (unpaired) electrons. The van der Waals surface area contributed by atoms with Crippen molar-refractivity contribution in [2.45, 2.75) is 51.2 Å². The van der Waals surface area contributed by atoms with Crippen LogP contribution in [-0.4, -0.2) is 47.7 Å². The zero-order valence-corrected chi connectivity index (χ0v) is 19.6. The second-order valence-corrected chi connectivity index (χ2v) is 10.2. The molecule has 4 heterocycles. The molecule has 0 aromatic carbocycles. The molecule has 1 aliphatic carbocycles. The van der Waals surface area contributed by atoms with Crippen molar-refractivity contribution in [2.24, 2.45) is 0 Å². The fourth-order valence-corrected chi connectivity index (χ4v) is 5.75. The van der Waals surface area contributed by atoms with Crippen molar-refractivity contribution < 1.29 is 9.53 Å². The van der Waals surface area contributed by atoms with Gasteiger partial charge in [-0.15, -0.1) is 11.3 Å². The predicted molar refractivity (Wildman–Crippen MR) is 129 cm³/mol. The number of rotatable bonds is 4. The first-order chi connectivity index (χ1) is 15.3. The quantitative estimate of drug-likeness (QED) is 0.631. The largest absolute Gasteiger partial charge is 0.397 e. The van der Waals surface area contributed by atoms with Crippen molar-refractivity contribution in [3.8, 4) is 0 Å². The molecule has 8 heteroatoms. The third kappa shape index (κ3) is 3.82. The lowest BCUT2D eigenvalue weighted by Gasteiger charge is -2.27. The van der Waals surface area contributed by atoms with E-state index in [0.717, 1.165) is 66.2 Å². The predicted octanol–water partition coefficient (Wildman–Crippen LogP) is 3.48. The summed E-state index contributed by atoms with van der Waals surface area (Å²) in [5.74, 6) is 0.907. The molecule has 0 spiro atoms. The minimum Gasteiger partial charge on any atom is -0.397 e. The molecule has 32 heavy (non-hydrogen) atoms. The fourth-order valence-electron chi connectivity index (χ4n) is 4.70. The highest BCUT2D eigenvalue weighted by Gasteiger charge is 2.34. The number of nitrogen functional groups attached to an aromatic ring is 1. The molecule has 7 nitrogen and oxygen atoms in total. The second kappa shape index (κ2) is 8.01. The first kappa shape index (κ1) is 21.2. The van der Waals surface area contributed by atoms with Gasteiger partial charge in [-0.25, -0.2) is 9.97 Å². The second-order valence-electron chi connectivity index (χ2n) is 9.16. The van der Waals surface area contributed by atoms with Crippen LogP contribution in [0.2, 0.25) is 0 Å². The number of nitrogens with one attached hydrogen (secondary N) is 1.